The van der Waals surface area contributed by atoms with Crippen LogP contribution in [-0.4, -0.2) is 11.0 Å². The zero-order valence-electron chi connectivity index (χ0n) is 10.2. The Morgan fingerprint density at radius 2 is 1.69 bits per heavy atom. The second-order valence-electron chi connectivity index (χ2n) is 4.25. The van der Waals surface area contributed by atoms with E-state index in [1.165, 1.54) is 18.4 Å². The van der Waals surface area contributed by atoms with Crippen LogP contribution in [0.2, 0.25) is 0 Å². The second-order valence-corrected chi connectivity index (χ2v) is 4.25. The van der Waals surface area contributed by atoms with Gasteiger partial charge in [-0.15, -0.1) is 0 Å². The largest absolute Gasteiger partial charge is 0.0808 e. The Morgan fingerprint density at radius 1 is 1.12 bits per heavy atom. The van der Waals surface area contributed by atoms with E-state index in [1.807, 2.05) is 0 Å². The Bertz CT molecular complexity index is 291. The quantitative estimate of drug-likeness (QED) is 0.643. The monoisotopic (exact) mass is 234 g/mol. The van der Waals surface area contributed by atoms with Crippen LogP contribution in [0.5, 0.6) is 0 Å². The molecular weight excluding hydrogens is 208 g/mol. The summed E-state index contributed by atoms with van der Waals surface area (Å²) in [6.07, 6.45) is 18.9. The molecule has 1 heteroatoms. The first-order chi connectivity index (χ1) is 7.22. The van der Waals surface area contributed by atoms with Crippen LogP contribution in [0.4, 0.5) is 0 Å². The average Bonchev–Trinajstić information content (AvgIpc) is 2.90. The predicted octanol–water partition coefficient (Wildman–Crippen LogP) is 3.36. The third kappa shape index (κ3) is 4.36. The summed E-state index contributed by atoms with van der Waals surface area (Å²) in [5, 5.41) is 0. The Balaban J connectivity index is 0.000000318. The number of allylic oxidation sites excluding steroid dienone is 8. The van der Waals surface area contributed by atoms with Crippen molar-refractivity contribution < 1.29 is 0 Å². The minimum absolute atomic E-state index is 0. The van der Waals surface area contributed by atoms with E-state index in [4.69, 9.17) is 0 Å². The van der Waals surface area contributed by atoms with Gasteiger partial charge in [0, 0.05) is 5.41 Å². The van der Waals surface area contributed by atoms with Crippen molar-refractivity contribution in [2.24, 2.45) is 5.41 Å². The Labute approximate surface area is 105 Å². The number of hydrogen-bond acceptors (Lipinski definition) is 0. The maximum atomic E-state index is 2.38. The van der Waals surface area contributed by atoms with Crippen molar-refractivity contribution in [3.63, 3.8) is 0 Å². The molecule has 0 bridgehead atoms. The standard InChI is InChI=1S/C10H16.C5H6.H4Si/c1-4-10(5-2)7-6-9(3)8-10;1-2-4-5-3-1;/h6-8H,4-5H2,1-3H3;1-4H,5H2;1H4. The van der Waals surface area contributed by atoms with E-state index >= 15 is 0 Å². The molecule has 0 saturated heterocycles. The highest BCUT2D eigenvalue weighted by molar-refractivity contribution is 5.75. The lowest BCUT2D eigenvalue weighted by molar-refractivity contribution is 0.461. The van der Waals surface area contributed by atoms with Crippen LogP contribution < -0.4 is 0 Å². The van der Waals surface area contributed by atoms with Gasteiger partial charge >= 0.3 is 0 Å². The SMILES string of the molecule is C1=CCC=C1.CCC1(CC)C=CC(C)=C1.[SiH4]. The van der Waals surface area contributed by atoms with Gasteiger partial charge in [0.05, 0.1) is 0 Å². The smallest absolute Gasteiger partial charge is 0.00646 e. The highest BCUT2D eigenvalue weighted by atomic mass is 28.1. The zero-order valence-corrected chi connectivity index (χ0v) is 10.2. The normalized spacial score (nSPS) is 18.8. The summed E-state index contributed by atoms with van der Waals surface area (Å²) in [5.41, 5.74) is 1.83. The van der Waals surface area contributed by atoms with Crippen molar-refractivity contribution in [3.8, 4) is 0 Å². The molecule has 2 aliphatic rings. The minimum atomic E-state index is 0. The van der Waals surface area contributed by atoms with Crippen LogP contribution in [0.15, 0.2) is 48.1 Å². The molecule has 90 valence electrons. The van der Waals surface area contributed by atoms with Crippen LogP contribution in [0.3, 0.4) is 0 Å². The fourth-order valence-corrected chi connectivity index (χ4v) is 1.93. The van der Waals surface area contributed by atoms with E-state index in [0.717, 1.165) is 6.42 Å². The summed E-state index contributed by atoms with van der Waals surface area (Å²) in [6.45, 7) is 6.68. The van der Waals surface area contributed by atoms with E-state index < -0.39 is 0 Å². The number of hydrogen-bond donors (Lipinski definition) is 0. The fourth-order valence-electron chi connectivity index (χ4n) is 1.93. The van der Waals surface area contributed by atoms with Crippen molar-refractivity contribution in [2.75, 3.05) is 0 Å². The van der Waals surface area contributed by atoms with Crippen LogP contribution in [0, 0.1) is 5.41 Å². The maximum absolute atomic E-state index is 2.38. The van der Waals surface area contributed by atoms with Gasteiger partial charge in [-0.25, -0.2) is 0 Å². The van der Waals surface area contributed by atoms with Crippen LogP contribution in [-0.2, 0) is 0 Å². The summed E-state index contributed by atoms with van der Waals surface area (Å²) < 4.78 is 0. The van der Waals surface area contributed by atoms with Crippen molar-refractivity contribution in [1.82, 2.24) is 0 Å². The third-order valence-electron chi connectivity index (χ3n) is 3.17. The molecule has 0 radical (unpaired) electrons. The lowest BCUT2D eigenvalue weighted by Crippen LogP contribution is -2.09. The zero-order chi connectivity index (χ0) is 11.1. The molecule has 0 atom stereocenters. The first-order valence-corrected chi connectivity index (χ1v) is 5.93. The molecule has 0 heterocycles. The lowest BCUT2D eigenvalue weighted by atomic mass is 9.84. The van der Waals surface area contributed by atoms with E-state index in [9.17, 15) is 0 Å². The maximum Gasteiger partial charge on any atom is 0.00646 e. The van der Waals surface area contributed by atoms with Crippen LogP contribution in [0.1, 0.15) is 40.0 Å². The minimum Gasteiger partial charge on any atom is -0.0808 e. The Kier molecular flexibility index (Phi) is 7.07. The van der Waals surface area contributed by atoms with Crippen molar-refractivity contribution in [1.29, 1.82) is 0 Å². The Morgan fingerprint density at radius 3 is 1.88 bits per heavy atom. The molecule has 0 aromatic carbocycles. The summed E-state index contributed by atoms with van der Waals surface area (Å²) in [6, 6.07) is 0. The van der Waals surface area contributed by atoms with Gasteiger partial charge in [0.1, 0.15) is 0 Å². The molecule has 2 rings (SSSR count). The van der Waals surface area contributed by atoms with Crippen LogP contribution in [0.25, 0.3) is 0 Å². The van der Waals surface area contributed by atoms with E-state index in [-0.39, 0.29) is 11.0 Å². The van der Waals surface area contributed by atoms with Crippen molar-refractivity contribution >= 4 is 11.0 Å². The average molecular weight is 234 g/mol. The van der Waals surface area contributed by atoms with Crippen molar-refractivity contribution in [2.45, 2.75) is 40.0 Å². The Hall–Kier alpha value is -0.823. The first-order valence-electron chi connectivity index (χ1n) is 5.93. The molecule has 0 fully saturated rings. The first kappa shape index (κ1) is 15.2. The van der Waals surface area contributed by atoms with Gasteiger partial charge in [-0.3, -0.25) is 0 Å². The third-order valence-corrected chi connectivity index (χ3v) is 3.17. The summed E-state index contributed by atoms with van der Waals surface area (Å²) in [4.78, 5) is 0. The highest BCUT2D eigenvalue weighted by Crippen LogP contribution is 2.35. The molecule has 0 saturated carbocycles. The predicted molar refractivity (Wildman–Crippen MR) is 80.1 cm³/mol. The summed E-state index contributed by atoms with van der Waals surface area (Å²) in [7, 11) is 0. The van der Waals surface area contributed by atoms with Gasteiger partial charge in [0.25, 0.3) is 0 Å². The van der Waals surface area contributed by atoms with Gasteiger partial charge in [-0.1, -0.05) is 62.0 Å². The molecule has 0 unspecified atom stereocenters. The molecule has 0 aliphatic heterocycles. The summed E-state index contributed by atoms with van der Waals surface area (Å²) >= 11 is 0. The van der Waals surface area contributed by atoms with Crippen molar-refractivity contribution in [3.05, 3.63) is 48.1 Å². The van der Waals surface area contributed by atoms with Crippen LogP contribution >= 0.6 is 0 Å². The fraction of sp³-hybridized carbons (Fsp3) is 0.467. The molecule has 0 spiro atoms. The topological polar surface area (TPSA) is 0 Å². The van der Waals surface area contributed by atoms with Gasteiger partial charge in [0.15, 0.2) is 0 Å². The second kappa shape index (κ2) is 7.45. The molecule has 2 aliphatic carbocycles. The molecule has 0 amide bonds. The molecular formula is C15H26Si. The van der Waals surface area contributed by atoms with Gasteiger partial charge < -0.3 is 0 Å². The van der Waals surface area contributed by atoms with E-state index in [1.54, 1.807) is 0 Å². The molecule has 0 aromatic heterocycles. The van der Waals surface area contributed by atoms with Gasteiger partial charge in [-0.05, 0) is 37.2 Å². The lowest BCUT2D eigenvalue weighted by Gasteiger charge is -2.20. The molecule has 0 nitrogen and oxygen atoms in total. The molecule has 16 heavy (non-hydrogen) atoms. The van der Waals surface area contributed by atoms with E-state index in [0.29, 0.717) is 5.41 Å². The van der Waals surface area contributed by atoms with E-state index in [2.05, 4.69) is 63.3 Å². The van der Waals surface area contributed by atoms with Gasteiger partial charge in [0.2, 0.25) is 0 Å². The highest BCUT2D eigenvalue weighted by Gasteiger charge is 2.22. The molecule has 0 aromatic rings. The molecule has 0 N–H and O–H groups in total. The summed E-state index contributed by atoms with van der Waals surface area (Å²) in [5.74, 6) is 0. The van der Waals surface area contributed by atoms with Gasteiger partial charge in [-0.2, -0.15) is 0 Å². The number of rotatable bonds is 2.